The summed E-state index contributed by atoms with van der Waals surface area (Å²) in [4.78, 5) is 0. The van der Waals surface area contributed by atoms with Gasteiger partial charge in [0.05, 0.1) is 0 Å². The summed E-state index contributed by atoms with van der Waals surface area (Å²) in [5, 5.41) is 3.40. The summed E-state index contributed by atoms with van der Waals surface area (Å²) in [7, 11) is 0. The second kappa shape index (κ2) is 5.13. The van der Waals surface area contributed by atoms with E-state index in [-0.39, 0.29) is 0 Å². The van der Waals surface area contributed by atoms with Gasteiger partial charge in [0.2, 0.25) is 0 Å². The minimum atomic E-state index is 0.563. The molecule has 2 aromatic carbocycles. The zero-order valence-corrected chi connectivity index (χ0v) is 11.2. The highest BCUT2D eigenvalue weighted by atomic mass is 14.9. The van der Waals surface area contributed by atoms with Crippen molar-refractivity contribution < 1.29 is 0 Å². The predicted molar refractivity (Wildman–Crippen MR) is 79.4 cm³/mol. The van der Waals surface area contributed by atoms with E-state index < -0.39 is 0 Å². The van der Waals surface area contributed by atoms with Crippen molar-refractivity contribution in [1.29, 1.82) is 0 Å². The molecule has 0 heterocycles. The average molecular weight is 240 g/mol. The van der Waals surface area contributed by atoms with Crippen LogP contribution in [-0.2, 0) is 0 Å². The normalized spacial score (nSPS) is 10.7. The maximum atomic E-state index is 5.80. The summed E-state index contributed by atoms with van der Waals surface area (Å²) in [5.41, 5.74) is 11.3. The van der Waals surface area contributed by atoms with Gasteiger partial charge in [-0.3, -0.25) is 0 Å². The maximum Gasteiger partial charge on any atom is 0.0434 e. The summed E-state index contributed by atoms with van der Waals surface area (Å²) < 4.78 is 0. The lowest BCUT2D eigenvalue weighted by molar-refractivity contribution is 0.867. The van der Waals surface area contributed by atoms with Gasteiger partial charge >= 0.3 is 0 Å². The van der Waals surface area contributed by atoms with Gasteiger partial charge in [0.15, 0.2) is 0 Å². The Morgan fingerprint density at radius 1 is 1.00 bits per heavy atom. The van der Waals surface area contributed by atoms with Crippen LogP contribution in [0.15, 0.2) is 42.5 Å². The molecule has 0 atom stereocenters. The predicted octanol–water partition coefficient (Wildman–Crippen LogP) is 4.44. The molecule has 0 amide bonds. The Morgan fingerprint density at radius 2 is 1.67 bits per heavy atom. The highest BCUT2D eigenvalue weighted by Crippen LogP contribution is 2.24. The minimum absolute atomic E-state index is 0.563. The van der Waals surface area contributed by atoms with E-state index in [1.165, 1.54) is 11.1 Å². The van der Waals surface area contributed by atoms with Crippen LogP contribution in [-0.4, -0.2) is 0 Å². The molecule has 0 saturated heterocycles. The number of nitrogens with two attached hydrogens (primary N) is 1. The van der Waals surface area contributed by atoms with Crippen LogP contribution in [0.25, 0.3) is 0 Å². The molecule has 0 aliphatic carbocycles. The fraction of sp³-hybridized carbons (Fsp3) is 0.250. The molecular weight excluding hydrogens is 220 g/mol. The second-order valence-corrected chi connectivity index (χ2v) is 4.98. The number of aryl methyl sites for hydroxylation is 1. The van der Waals surface area contributed by atoms with Crippen molar-refractivity contribution in [3.05, 3.63) is 53.6 Å². The molecule has 2 rings (SSSR count). The number of nitrogen functional groups attached to an aromatic ring is 1. The van der Waals surface area contributed by atoms with Crippen LogP contribution in [0.4, 0.5) is 17.1 Å². The third kappa shape index (κ3) is 2.83. The van der Waals surface area contributed by atoms with E-state index in [0.717, 1.165) is 17.1 Å². The minimum Gasteiger partial charge on any atom is -0.399 e. The monoisotopic (exact) mass is 240 g/mol. The Kier molecular flexibility index (Phi) is 3.56. The fourth-order valence-electron chi connectivity index (χ4n) is 1.88. The summed E-state index contributed by atoms with van der Waals surface area (Å²) in [5.74, 6) is 0.563. The van der Waals surface area contributed by atoms with E-state index in [9.17, 15) is 0 Å². The smallest absolute Gasteiger partial charge is 0.0434 e. The molecule has 18 heavy (non-hydrogen) atoms. The van der Waals surface area contributed by atoms with E-state index >= 15 is 0 Å². The summed E-state index contributed by atoms with van der Waals surface area (Å²) >= 11 is 0. The Bertz CT molecular complexity index is 527. The van der Waals surface area contributed by atoms with Gasteiger partial charge in [-0.05, 0) is 48.2 Å². The lowest BCUT2D eigenvalue weighted by Gasteiger charge is -2.12. The van der Waals surface area contributed by atoms with Gasteiger partial charge in [-0.2, -0.15) is 0 Å². The van der Waals surface area contributed by atoms with Crippen molar-refractivity contribution in [2.75, 3.05) is 11.1 Å². The molecule has 94 valence electrons. The molecule has 0 aromatic heterocycles. The van der Waals surface area contributed by atoms with Gasteiger partial charge in [-0.1, -0.05) is 32.0 Å². The third-order valence-corrected chi connectivity index (χ3v) is 3.12. The number of benzene rings is 2. The van der Waals surface area contributed by atoms with Crippen LogP contribution in [0.1, 0.15) is 30.9 Å². The Hall–Kier alpha value is -1.96. The van der Waals surface area contributed by atoms with Gasteiger partial charge in [0.25, 0.3) is 0 Å². The van der Waals surface area contributed by atoms with Crippen LogP contribution in [0.3, 0.4) is 0 Å². The number of rotatable bonds is 3. The van der Waals surface area contributed by atoms with Crippen molar-refractivity contribution in [3.8, 4) is 0 Å². The largest absolute Gasteiger partial charge is 0.399 e. The number of anilines is 3. The van der Waals surface area contributed by atoms with Crippen molar-refractivity contribution in [2.45, 2.75) is 26.7 Å². The van der Waals surface area contributed by atoms with Gasteiger partial charge in [-0.15, -0.1) is 0 Å². The van der Waals surface area contributed by atoms with E-state index in [1.807, 2.05) is 18.2 Å². The topological polar surface area (TPSA) is 38.0 Å². The van der Waals surface area contributed by atoms with Gasteiger partial charge in [-0.25, -0.2) is 0 Å². The summed E-state index contributed by atoms with van der Waals surface area (Å²) in [6, 6.07) is 14.5. The molecule has 0 spiro atoms. The van der Waals surface area contributed by atoms with Crippen molar-refractivity contribution in [2.24, 2.45) is 0 Å². The zero-order valence-electron chi connectivity index (χ0n) is 11.2. The molecule has 3 N–H and O–H groups in total. The van der Waals surface area contributed by atoms with Crippen LogP contribution in [0.2, 0.25) is 0 Å². The lowest BCUT2D eigenvalue weighted by Crippen LogP contribution is -1.95. The first-order valence-electron chi connectivity index (χ1n) is 6.29. The Morgan fingerprint density at radius 3 is 2.28 bits per heavy atom. The molecule has 0 saturated carbocycles. The van der Waals surface area contributed by atoms with Gasteiger partial charge < -0.3 is 11.1 Å². The molecule has 2 aromatic rings. The third-order valence-electron chi connectivity index (χ3n) is 3.12. The number of hydrogen-bond donors (Lipinski definition) is 2. The van der Waals surface area contributed by atoms with Crippen LogP contribution in [0, 0.1) is 6.92 Å². The van der Waals surface area contributed by atoms with Crippen molar-refractivity contribution in [3.63, 3.8) is 0 Å². The van der Waals surface area contributed by atoms with E-state index in [1.54, 1.807) is 0 Å². The molecule has 2 heteroatoms. The van der Waals surface area contributed by atoms with Gasteiger partial charge in [0.1, 0.15) is 0 Å². The van der Waals surface area contributed by atoms with Crippen LogP contribution < -0.4 is 11.1 Å². The zero-order chi connectivity index (χ0) is 13.1. The first-order chi connectivity index (χ1) is 8.56. The van der Waals surface area contributed by atoms with E-state index in [4.69, 9.17) is 5.73 Å². The second-order valence-electron chi connectivity index (χ2n) is 4.98. The molecule has 2 nitrogen and oxygen atoms in total. The first kappa shape index (κ1) is 12.5. The highest BCUT2D eigenvalue weighted by molar-refractivity contribution is 5.67. The molecule has 0 aliphatic heterocycles. The SMILES string of the molecule is Cc1ccc(N)cc1Nc1ccc(C(C)C)cc1. The molecule has 0 radical (unpaired) electrons. The molecule has 0 fully saturated rings. The Labute approximate surface area is 109 Å². The summed E-state index contributed by atoms with van der Waals surface area (Å²) in [6.45, 7) is 6.47. The first-order valence-corrected chi connectivity index (χ1v) is 6.29. The van der Waals surface area contributed by atoms with Crippen LogP contribution in [0.5, 0.6) is 0 Å². The number of hydrogen-bond acceptors (Lipinski definition) is 2. The number of nitrogens with one attached hydrogen (secondary N) is 1. The van der Waals surface area contributed by atoms with Crippen molar-refractivity contribution in [1.82, 2.24) is 0 Å². The molecule has 0 aliphatic rings. The quantitative estimate of drug-likeness (QED) is 0.778. The van der Waals surface area contributed by atoms with Crippen LogP contribution >= 0.6 is 0 Å². The highest BCUT2D eigenvalue weighted by Gasteiger charge is 2.01. The maximum absolute atomic E-state index is 5.80. The molecular formula is C16H20N2. The fourth-order valence-corrected chi connectivity index (χ4v) is 1.88. The van der Waals surface area contributed by atoms with Crippen molar-refractivity contribution >= 4 is 17.1 Å². The molecule has 0 unspecified atom stereocenters. The van der Waals surface area contributed by atoms with E-state index in [0.29, 0.717) is 5.92 Å². The van der Waals surface area contributed by atoms with Gasteiger partial charge in [0, 0.05) is 17.1 Å². The standard InChI is InChI=1S/C16H20N2/c1-11(2)13-5-8-15(9-6-13)18-16-10-14(17)7-4-12(16)3/h4-11,18H,17H2,1-3H3. The summed E-state index contributed by atoms with van der Waals surface area (Å²) in [6.07, 6.45) is 0. The Balaban J connectivity index is 2.21. The average Bonchev–Trinajstić information content (AvgIpc) is 2.34. The lowest BCUT2D eigenvalue weighted by atomic mass is 10.0. The molecule has 0 bridgehead atoms. The van der Waals surface area contributed by atoms with E-state index in [2.05, 4.69) is 50.4 Å².